The van der Waals surface area contributed by atoms with Gasteiger partial charge in [0.15, 0.2) is 0 Å². The van der Waals surface area contributed by atoms with Crippen molar-refractivity contribution in [3.8, 4) is 0 Å². The molecule has 2 aliphatic rings. The SMILES string of the molecule is O=S(=O)(N[C@H]1CCCC[C@@H]1N1CCN(c2ccccc2F)CC1)c1ccc(Cl)cc1. The second kappa shape index (κ2) is 9.22. The summed E-state index contributed by atoms with van der Waals surface area (Å²) in [6.45, 7) is 3.04. The Kier molecular flexibility index (Phi) is 6.63. The summed E-state index contributed by atoms with van der Waals surface area (Å²) in [6.07, 6.45) is 3.90. The molecule has 1 heterocycles. The van der Waals surface area contributed by atoms with Crippen LogP contribution in [0.25, 0.3) is 0 Å². The van der Waals surface area contributed by atoms with Gasteiger partial charge < -0.3 is 4.90 Å². The van der Waals surface area contributed by atoms with Crippen molar-refractivity contribution in [2.45, 2.75) is 42.7 Å². The van der Waals surface area contributed by atoms with Crippen LogP contribution in [0.2, 0.25) is 5.02 Å². The largest absolute Gasteiger partial charge is 0.367 e. The van der Waals surface area contributed by atoms with Crippen LogP contribution in [0.4, 0.5) is 10.1 Å². The van der Waals surface area contributed by atoms with E-state index >= 15 is 0 Å². The monoisotopic (exact) mass is 451 g/mol. The summed E-state index contributed by atoms with van der Waals surface area (Å²) < 4.78 is 42.8. The summed E-state index contributed by atoms with van der Waals surface area (Å²) in [6, 6.07) is 13.2. The zero-order valence-electron chi connectivity index (χ0n) is 16.8. The van der Waals surface area contributed by atoms with E-state index < -0.39 is 10.0 Å². The third-order valence-electron chi connectivity index (χ3n) is 6.14. The van der Waals surface area contributed by atoms with Crippen molar-refractivity contribution in [3.63, 3.8) is 0 Å². The first-order valence-corrected chi connectivity index (χ1v) is 12.3. The highest BCUT2D eigenvalue weighted by Gasteiger charge is 2.35. The van der Waals surface area contributed by atoms with E-state index in [2.05, 4.69) is 14.5 Å². The van der Waals surface area contributed by atoms with Crippen LogP contribution in [0.3, 0.4) is 0 Å². The molecule has 5 nitrogen and oxygen atoms in total. The molecule has 1 saturated carbocycles. The molecular weight excluding hydrogens is 425 g/mol. The number of halogens is 2. The molecule has 2 atom stereocenters. The third-order valence-corrected chi connectivity index (χ3v) is 7.89. The molecular formula is C22H27ClFN3O2S. The van der Waals surface area contributed by atoms with Gasteiger partial charge in [-0.3, -0.25) is 4.90 Å². The molecule has 0 radical (unpaired) electrons. The first-order valence-electron chi connectivity index (χ1n) is 10.5. The maximum absolute atomic E-state index is 14.1. The van der Waals surface area contributed by atoms with E-state index in [1.807, 2.05) is 12.1 Å². The molecule has 0 amide bonds. The molecule has 2 fully saturated rings. The predicted molar refractivity (Wildman–Crippen MR) is 118 cm³/mol. The fourth-order valence-corrected chi connectivity index (χ4v) is 6.00. The van der Waals surface area contributed by atoms with Crippen LogP contribution in [-0.4, -0.2) is 51.6 Å². The normalized spacial score (nSPS) is 23.5. The topological polar surface area (TPSA) is 52.7 Å². The molecule has 4 rings (SSSR count). The molecule has 2 aromatic carbocycles. The molecule has 0 aromatic heterocycles. The van der Waals surface area contributed by atoms with Crippen molar-refractivity contribution >= 4 is 27.3 Å². The smallest absolute Gasteiger partial charge is 0.240 e. The molecule has 8 heteroatoms. The third kappa shape index (κ3) is 4.80. The van der Waals surface area contributed by atoms with Crippen LogP contribution in [0.1, 0.15) is 25.7 Å². The number of anilines is 1. The Morgan fingerprint density at radius 1 is 0.933 bits per heavy atom. The van der Waals surface area contributed by atoms with Gasteiger partial charge in [-0.25, -0.2) is 17.5 Å². The summed E-state index contributed by atoms with van der Waals surface area (Å²) in [4.78, 5) is 4.67. The molecule has 30 heavy (non-hydrogen) atoms. The number of hydrogen-bond acceptors (Lipinski definition) is 4. The molecule has 1 aliphatic carbocycles. The summed E-state index contributed by atoms with van der Waals surface area (Å²) in [5.41, 5.74) is 0.640. The highest BCUT2D eigenvalue weighted by molar-refractivity contribution is 7.89. The summed E-state index contributed by atoms with van der Waals surface area (Å²) >= 11 is 5.89. The first kappa shape index (κ1) is 21.6. The van der Waals surface area contributed by atoms with Gasteiger partial charge in [-0.15, -0.1) is 0 Å². The van der Waals surface area contributed by atoms with Crippen molar-refractivity contribution in [2.75, 3.05) is 31.1 Å². The number of para-hydroxylation sites is 1. The average molecular weight is 452 g/mol. The molecule has 0 spiro atoms. The summed E-state index contributed by atoms with van der Waals surface area (Å²) in [5, 5.41) is 0.511. The lowest BCUT2D eigenvalue weighted by Gasteiger charge is -2.44. The molecule has 0 unspecified atom stereocenters. The fraction of sp³-hybridized carbons (Fsp3) is 0.455. The lowest BCUT2D eigenvalue weighted by molar-refractivity contribution is 0.124. The van der Waals surface area contributed by atoms with Crippen LogP contribution in [0.15, 0.2) is 53.4 Å². The number of hydrogen-bond donors (Lipinski definition) is 1. The van der Waals surface area contributed by atoms with Crippen LogP contribution in [-0.2, 0) is 10.0 Å². The zero-order chi connectivity index (χ0) is 21.1. The quantitative estimate of drug-likeness (QED) is 0.749. The van der Waals surface area contributed by atoms with Gasteiger partial charge in [-0.1, -0.05) is 36.6 Å². The molecule has 1 N–H and O–H groups in total. The van der Waals surface area contributed by atoms with Gasteiger partial charge >= 0.3 is 0 Å². The van der Waals surface area contributed by atoms with Crippen molar-refractivity contribution in [2.24, 2.45) is 0 Å². The maximum Gasteiger partial charge on any atom is 0.240 e. The van der Waals surface area contributed by atoms with Gasteiger partial charge in [0.2, 0.25) is 10.0 Å². The number of nitrogens with zero attached hydrogens (tertiary/aromatic N) is 2. The van der Waals surface area contributed by atoms with Gasteiger partial charge in [-0.05, 0) is 49.2 Å². The van der Waals surface area contributed by atoms with E-state index in [0.29, 0.717) is 10.7 Å². The van der Waals surface area contributed by atoms with Gasteiger partial charge in [0, 0.05) is 43.3 Å². The van der Waals surface area contributed by atoms with Gasteiger partial charge in [0.1, 0.15) is 5.82 Å². The minimum absolute atomic E-state index is 0.126. The van der Waals surface area contributed by atoms with E-state index in [-0.39, 0.29) is 22.8 Å². The number of sulfonamides is 1. The van der Waals surface area contributed by atoms with Gasteiger partial charge in [-0.2, -0.15) is 0 Å². The van der Waals surface area contributed by atoms with Crippen LogP contribution in [0.5, 0.6) is 0 Å². The number of rotatable bonds is 5. The maximum atomic E-state index is 14.1. The van der Waals surface area contributed by atoms with Crippen molar-refractivity contribution in [1.82, 2.24) is 9.62 Å². The van der Waals surface area contributed by atoms with E-state index in [9.17, 15) is 12.8 Å². The fourth-order valence-electron chi connectivity index (χ4n) is 4.57. The lowest BCUT2D eigenvalue weighted by Crippen LogP contribution is -2.58. The Bertz CT molecular complexity index is 963. The Morgan fingerprint density at radius 3 is 2.30 bits per heavy atom. The molecule has 1 saturated heterocycles. The zero-order valence-corrected chi connectivity index (χ0v) is 18.4. The predicted octanol–water partition coefficient (Wildman–Crippen LogP) is 3.89. The Labute approximate surface area is 182 Å². The standard InChI is InChI=1S/C22H27ClFN3O2S/c23-17-9-11-18(12-10-17)30(28,29)25-20-6-2-4-8-22(20)27-15-13-26(14-16-27)21-7-3-1-5-19(21)24/h1,3,5,7,9-12,20,22,25H,2,4,6,8,13-16H2/t20-,22-/m0/s1. The van der Waals surface area contributed by atoms with Gasteiger partial charge in [0.25, 0.3) is 0 Å². The first-order chi connectivity index (χ1) is 14.4. The second-order valence-corrected chi connectivity index (χ2v) is 10.2. The van der Waals surface area contributed by atoms with E-state index in [0.717, 1.165) is 51.9 Å². The molecule has 2 aromatic rings. The van der Waals surface area contributed by atoms with E-state index in [1.165, 1.54) is 18.2 Å². The van der Waals surface area contributed by atoms with Crippen LogP contribution in [0, 0.1) is 5.82 Å². The van der Waals surface area contributed by atoms with Crippen molar-refractivity contribution in [1.29, 1.82) is 0 Å². The second-order valence-electron chi connectivity index (χ2n) is 8.01. The highest BCUT2D eigenvalue weighted by Crippen LogP contribution is 2.28. The highest BCUT2D eigenvalue weighted by atomic mass is 35.5. The molecule has 0 bridgehead atoms. The lowest BCUT2D eigenvalue weighted by atomic mass is 9.89. The number of nitrogens with one attached hydrogen (secondary N) is 1. The van der Waals surface area contributed by atoms with E-state index in [1.54, 1.807) is 18.2 Å². The molecule has 1 aliphatic heterocycles. The van der Waals surface area contributed by atoms with Crippen molar-refractivity contribution < 1.29 is 12.8 Å². The number of benzene rings is 2. The minimum Gasteiger partial charge on any atom is -0.367 e. The molecule has 162 valence electrons. The summed E-state index contributed by atoms with van der Waals surface area (Å²) in [5.74, 6) is -0.197. The van der Waals surface area contributed by atoms with Gasteiger partial charge in [0.05, 0.1) is 10.6 Å². The Morgan fingerprint density at radius 2 is 1.60 bits per heavy atom. The van der Waals surface area contributed by atoms with Crippen molar-refractivity contribution in [3.05, 3.63) is 59.4 Å². The Hall–Kier alpha value is -1.67. The number of piperazine rings is 1. The Balaban J connectivity index is 1.43. The summed E-state index contributed by atoms with van der Waals surface area (Å²) in [7, 11) is -3.60. The van der Waals surface area contributed by atoms with Crippen LogP contribution < -0.4 is 9.62 Å². The van der Waals surface area contributed by atoms with E-state index in [4.69, 9.17) is 11.6 Å². The minimum atomic E-state index is -3.60. The van der Waals surface area contributed by atoms with Crippen LogP contribution >= 0.6 is 11.6 Å². The average Bonchev–Trinajstić information content (AvgIpc) is 2.75.